The fraction of sp³-hybridized carbons (Fsp3) is 0.417. The summed E-state index contributed by atoms with van der Waals surface area (Å²) in [5, 5.41) is 14.2. The third kappa shape index (κ3) is 4.80. The fourth-order valence-electron chi connectivity index (χ4n) is 4.83. The lowest BCUT2D eigenvalue weighted by molar-refractivity contribution is -0.143. The van der Waals surface area contributed by atoms with Gasteiger partial charge in [0.2, 0.25) is 0 Å². The Kier molecular flexibility index (Phi) is 6.68. The summed E-state index contributed by atoms with van der Waals surface area (Å²) < 4.78 is 28.3. The van der Waals surface area contributed by atoms with Crippen LogP contribution in [0.4, 0.5) is 14.5 Å². The zero-order valence-electron chi connectivity index (χ0n) is 18.9. The van der Waals surface area contributed by atoms with Crippen molar-refractivity contribution in [1.29, 1.82) is 0 Å². The first-order chi connectivity index (χ1) is 16.5. The molecule has 0 saturated heterocycles. The Morgan fingerprint density at radius 1 is 1.14 bits per heavy atom. The summed E-state index contributed by atoms with van der Waals surface area (Å²) in [5.74, 6) is -6.03. The van der Waals surface area contributed by atoms with Crippen LogP contribution in [0.15, 0.2) is 18.2 Å². The number of hydrogen-bond donors (Lipinski definition) is 3. The number of benzene rings is 1. The Bertz CT molecular complexity index is 1230. The lowest BCUT2D eigenvalue weighted by atomic mass is 9.77. The Morgan fingerprint density at radius 2 is 1.83 bits per heavy atom. The standard InChI is InChI=1S/C24H24ClF2N3O5/c1-24(8-6-12(7-9-24)23(34)35)29-22(33)20(31)19-18(25)17(16-3-2-10-30(16)19)21(32)28-13-4-5-14(26)15(27)11-13/h4-5,11-12H,2-3,6-10H2,1H3,(H,28,32)(H,29,33)(H,34,35). The quantitative estimate of drug-likeness (QED) is 0.404. The first-order valence-corrected chi connectivity index (χ1v) is 11.7. The van der Waals surface area contributed by atoms with Crippen LogP contribution in [-0.4, -0.2) is 38.8 Å². The number of carbonyl (C=O) groups excluding carboxylic acids is 3. The molecule has 1 aromatic heterocycles. The molecule has 11 heteroatoms. The average Bonchev–Trinajstić information content (AvgIpc) is 3.35. The van der Waals surface area contributed by atoms with Crippen molar-refractivity contribution >= 4 is 40.9 Å². The van der Waals surface area contributed by atoms with Crippen LogP contribution in [0, 0.1) is 17.6 Å². The van der Waals surface area contributed by atoms with E-state index in [1.54, 1.807) is 11.5 Å². The number of hydrogen-bond acceptors (Lipinski definition) is 4. The lowest BCUT2D eigenvalue weighted by Gasteiger charge is -2.36. The van der Waals surface area contributed by atoms with Gasteiger partial charge in [-0.3, -0.25) is 19.2 Å². The Hall–Kier alpha value is -3.27. The highest BCUT2D eigenvalue weighted by Crippen LogP contribution is 2.35. The molecule has 0 radical (unpaired) electrons. The highest BCUT2D eigenvalue weighted by atomic mass is 35.5. The Balaban J connectivity index is 1.55. The Labute approximate surface area is 204 Å². The van der Waals surface area contributed by atoms with Crippen LogP contribution in [0.3, 0.4) is 0 Å². The van der Waals surface area contributed by atoms with Crippen molar-refractivity contribution in [2.75, 3.05) is 5.32 Å². The number of fused-ring (bicyclic) bond motifs is 1. The Morgan fingerprint density at radius 3 is 2.46 bits per heavy atom. The van der Waals surface area contributed by atoms with Gasteiger partial charge in [0.1, 0.15) is 5.69 Å². The van der Waals surface area contributed by atoms with Gasteiger partial charge in [0.25, 0.3) is 17.6 Å². The minimum absolute atomic E-state index is 0.0122. The van der Waals surface area contributed by atoms with E-state index >= 15 is 0 Å². The number of carboxylic acid groups (broad SMARTS) is 1. The van der Waals surface area contributed by atoms with Gasteiger partial charge in [-0.15, -0.1) is 0 Å². The topological polar surface area (TPSA) is 117 Å². The highest BCUT2D eigenvalue weighted by Gasteiger charge is 2.39. The van der Waals surface area contributed by atoms with Crippen molar-refractivity contribution in [1.82, 2.24) is 9.88 Å². The van der Waals surface area contributed by atoms with Crippen LogP contribution in [0.25, 0.3) is 0 Å². The summed E-state index contributed by atoms with van der Waals surface area (Å²) >= 11 is 6.45. The first kappa shape index (κ1) is 24.8. The number of carbonyl (C=O) groups is 4. The second kappa shape index (κ2) is 9.41. The molecule has 2 aliphatic rings. The van der Waals surface area contributed by atoms with Crippen molar-refractivity contribution in [2.24, 2.45) is 5.92 Å². The number of nitrogens with zero attached hydrogens (tertiary/aromatic N) is 1. The number of nitrogens with one attached hydrogen (secondary N) is 2. The lowest BCUT2D eigenvalue weighted by Crippen LogP contribution is -2.51. The molecule has 1 fully saturated rings. The summed E-state index contributed by atoms with van der Waals surface area (Å²) in [7, 11) is 0. The number of halogens is 3. The van der Waals surface area contributed by atoms with E-state index in [-0.39, 0.29) is 22.0 Å². The fourth-order valence-corrected chi connectivity index (χ4v) is 5.21. The van der Waals surface area contributed by atoms with Crippen molar-refractivity contribution in [3.8, 4) is 0 Å². The molecule has 1 aliphatic carbocycles. The van der Waals surface area contributed by atoms with Gasteiger partial charge in [-0.25, -0.2) is 8.78 Å². The van der Waals surface area contributed by atoms with E-state index in [2.05, 4.69) is 10.6 Å². The summed E-state index contributed by atoms with van der Waals surface area (Å²) in [6, 6.07) is 2.90. The number of carboxylic acids is 1. The molecule has 0 unspecified atom stereocenters. The molecule has 186 valence electrons. The van der Waals surface area contributed by atoms with Gasteiger partial charge in [0.05, 0.1) is 16.5 Å². The van der Waals surface area contributed by atoms with Crippen molar-refractivity contribution < 1.29 is 33.1 Å². The molecule has 2 heterocycles. The van der Waals surface area contributed by atoms with E-state index in [0.717, 1.165) is 12.1 Å². The minimum atomic E-state index is -1.13. The van der Waals surface area contributed by atoms with Crippen LogP contribution in [0.2, 0.25) is 5.02 Å². The zero-order chi connectivity index (χ0) is 25.5. The van der Waals surface area contributed by atoms with Gasteiger partial charge < -0.3 is 20.3 Å². The van der Waals surface area contributed by atoms with Gasteiger partial charge in [-0.05, 0) is 57.6 Å². The predicted octanol–water partition coefficient (Wildman–Crippen LogP) is 3.95. The number of anilines is 1. The molecular weight excluding hydrogens is 484 g/mol. The molecule has 0 atom stereocenters. The zero-order valence-corrected chi connectivity index (χ0v) is 19.7. The van der Waals surface area contributed by atoms with Gasteiger partial charge in [-0.2, -0.15) is 0 Å². The summed E-state index contributed by atoms with van der Waals surface area (Å²) in [6.45, 7) is 2.15. The number of ketones is 1. The maximum Gasteiger partial charge on any atom is 0.306 e. The number of amides is 2. The molecule has 35 heavy (non-hydrogen) atoms. The third-order valence-corrected chi connectivity index (χ3v) is 7.15. The molecule has 1 saturated carbocycles. The molecule has 8 nitrogen and oxygen atoms in total. The predicted molar refractivity (Wildman–Crippen MR) is 123 cm³/mol. The molecule has 2 amide bonds. The molecule has 3 N–H and O–H groups in total. The van der Waals surface area contributed by atoms with Crippen LogP contribution >= 0.6 is 11.6 Å². The average molecular weight is 508 g/mol. The number of aromatic nitrogens is 1. The van der Waals surface area contributed by atoms with E-state index in [4.69, 9.17) is 11.6 Å². The molecule has 4 rings (SSSR count). The molecule has 2 aromatic rings. The van der Waals surface area contributed by atoms with Crippen molar-refractivity contribution in [3.63, 3.8) is 0 Å². The molecule has 1 aliphatic heterocycles. The van der Waals surface area contributed by atoms with E-state index in [0.29, 0.717) is 50.8 Å². The van der Waals surface area contributed by atoms with Gasteiger partial charge in [-0.1, -0.05) is 11.6 Å². The van der Waals surface area contributed by atoms with Crippen molar-refractivity contribution in [3.05, 3.63) is 51.8 Å². The van der Waals surface area contributed by atoms with E-state index < -0.39 is 46.7 Å². The van der Waals surface area contributed by atoms with Crippen LogP contribution in [0.5, 0.6) is 0 Å². The van der Waals surface area contributed by atoms with Crippen molar-refractivity contribution in [2.45, 2.75) is 57.5 Å². The summed E-state index contributed by atoms with van der Waals surface area (Å²) in [5.41, 5.74) is -0.329. The van der Waals surface area contributed by atoms with E-state index in [9.17, 15) is 33.1 Å². The maximum atomic E-state index is 13.5. The third-order valence-electron chi connectivity index (χ3n) is 6.79. The van der Waals surface area contributed by atoms with Crippen LogP contribution in [0.1, 0.15) is 65.6 Å². The maximum absolute atomic E-state index is 13.5. The molecular formula is C24H24ClF2N3O5. The van der Waals surface area contributed by atoms with E-state index in [1.807, 2.05) is 0 Å². The SMILES string of the molecule is CC1(NC(=O)C(=O)c2c(Cl)c(C(=O)Nc3ccc(F)c(F)c3)c3n2CCC3)CCC(C(=O)O)CC1. The van der Waals surface area contributed by atoms with Crippen LogP contribution < -0.4 is 10.6 Å². The number of aliphatic carboxylic acids is 1. The summed E-state index contributed by atoms with van der Waals surface area (Å²) in [4.78, 5) is 50.2. The van der Waals surface area contributed by atoms with E-state index in [1.165, 1.54) is 6.07 Å². The van der Waals surface area contributed by atoms with Gasteiger partial charge >= 0.3 is 5.97 Å². The monoisotopic (exact) mass is 507 g/mol. The smallest absolute Gasteiger partial charge is 0.306 e. The highest BCUT2D eigenvalue weighted by molar-refractivity contribution is 6.48. The molecule has 1 aromatic carbocycles. The largest absolute Gasteiger partial charge is 0.481 e. The van der Waals surface area contributed by atoms with Gasteiger partial charge in [0, 0.05) is 29.5 Å². The number of rotatable bonds is 6. The second-order valence-corrected chi connectivity index (χ2v) is 9.66. The second-order valence-electron chi connectivity index (χ2n) is 9.28. The number of Topliss-reactive ketones (excluding diaryl/α,β-unsaturated/α-hetero) is 1. The molecule has 0 bridgehead atoms. The first-order valence-electron chi connectivity index (χ1n) is 11.3. The van der Waals surface area contributed by atoms with Gasteiger partial charge in [0.15, 0.2) is 11.6 Å². The minimum Gasteiger partial charge on any atom is -0.481 e. The van der Waals surface area contributed by atoms with Crippen LogP contribution in [-0.2, 0) is 22.6 Å². The normalized spacial score (nSPS) is 21.3. The molecule has 0 spiro atoms. The summed E-state index contributed by atoms with van der Waals surface area (Å²) in [6.07, 6.45) is 2.67.